The Kier molecular flexibility index (Phi) is 6.51. The first kappa shape index (κ1) is 19.9. The molecule has 0 radical (unpaired) electrons. The lowest BCUT2D eigenvalue weighted by Gasteiger charge is -2.34. The van der Waals surface area contributed by atoms with Crippen molar-refractivity contribution in [3.63, 3.8) is 0 Å². The van der Waals surface area contributed by atoms with Gasteiger partial charge in [0.25, 0.3) is 0 Å². The van der Waals surface area contributed by atoms with Crippen molar-refractivity contribution >= 4 is 27.7 Å². The van der Waals surface area contributed by atoms with Crippen molar-refractivity contribution in [2.24, 2.45) is 0 Å². The molecule has 0 aromatic heterocycles. The van der Waals surface area contributed by atoms with Gasteiger partial charge in [0, 0.05) is 31.9 Å². The number of thioether (sulfide) groups is 1. The molecule has 0 bridgehead atoms. The highest BCUT2D eigenvalue weighted by atomic mass is 32.2. The number of carbonyl (C=O) groups is 1. The molecule has 1 heterocycles. The van der Waals surface area contributed by atoms with E-state index in [4.69, 9.17) is 0 Å². The number of hydrogen-bond donors (Lipinski definition) is 0. The predicted octanol–water partition coefficient (Wildman–Crippen LogP) is 2.59. The lowest BCUT2D eigenvalue weighted by Crippen LogP contribution is -2.50. The Hall–Kier alpha value is -1.90. The molecule has 0 aliphatic carbocycles. The van der Waals surface area contributed by atoms with Crippen LogP contribution in [0.4, 0.5) is 4.39 Å². The third-order valence-electron chi connectivity index (χ3n) is 4.36. The summed E-state index contributed by atoms with van der Waals surface area (Å²) in [5, 5.41) is 0. The number of benzene rings is 2. The van der Waals surface area contributed by atoms with E-state index in [1.54, 1.807) is 41.3 Å². The largest absolute Gasteiger partial charge is 0.339 e. The van der Waals surface area contributed by atoms with Crippen LogP contribution in [0.15, 0.2) is 59.5 Å². The summed E-state index contributed by atoms with van der Waals surface area (Å²) in [5.41, 5.74) is 0.839. The first-order valence-electron chi connectivity index (χ1n) is 8.62. The molecule has 27 heavy (non-hydrogen) atoms. The van der Waals surface area contributed by atoms with E-state index in [0.29, 0.717) is 24.6 Å². The molecule has 1 fully saturated rings. The van der Waals surface area contributed by atoms with Crippen LogP contribution in [0.25, 0.3) is 0 Å². The Bertz CT molecular complexity index is 883. The summed E-state index contributed by atoms with van der Waals surface area (Å²) in [7, 11) is -3.51. The maximum Gasteiger partial charge on any atom is 0.243 e. The first-order chi connectivity index (χ1) is 13.0. The fraction of sp³-hybridized carbons (Fsp3) is 0.316. The van der Waals surface area contributed by atoms with Gasteiger partial charge in [0.15, 0.2) is 0 Å². The third-order valence-corrected chi connectivity index (χ3v) is 7.26. The molecule has 5 nitrogen and oxygen atoms in total. The minimum Gasteiger partial charge on any atom is -0.339 e. The Labute approximate surface area is 163 Å². The highest BCUT2D eigenvalue weighted by Crippen LogP contribution is 2.18. The second kappa shape index (κ2) is 8.86. The van der Waals surface area contributed by atoms with Crippen LogP contribution in [0.1, 0.15) is 5.56 Å². The molecule has 0 unspecified atom stereocenters. The molecule has 2 aromatic carbocycles. The van der Waals surface area contributed by atoms with Gasteiger partial charge in [-0.3, -0.25) is 4.79 Å². The highest BCUT2D eigenvalue weighted by Gasteiger charge is 2.29. The van der Waals surface area contributed by atoms with Crippen molar-refractivity contribution in [1.82, 2.24) is 9.21 Å². The van der Waals surface area contributed by atoms with E-state index in [0.717, 1.165) is 5.56 Å². The SMILES string of the molecule is O=C(CSCc1cccc(F)c1)N1CCN(S(=O)(=O)c2ccccc2)CC1. The molecule has 0 spiro atoms. The van der Waals surface area contributed by atoms with Crippen molar-refractivity contribution in [3.05, 3.63) is 66.0 Å². The zero-order chi connectivity index (χ0) is 19.3. The van der Waals surface area contributed by atoms with E-state index < -0.39 is 10.0 Å². The standard InChI is InChI=1S/C19H21FN2O3S2/c20-17-6-4-5-16(13-17)14-26-15-19(23)21-9-11-22(12-10-21)27(24,25)18-7-2-1-3-8-18/h1-8,13H,9-12,14-15H2. The molecular formula is C19H21FN2O3S2. The van der Waals surface area contributed by atoms with Gasteiger partial charge in [-0.15, -0.1) is 11.8 Å². The van der Waals surface area contributed by atoms with Crippen molar-refractivity contribution in [2.45, 2.75) is 10.6 Å². The number of halogens is 1. The molecule has 1 amide bonds. The van der Waals surface area contributed by atoms with Crippen LogP contribution in [0, 0.1) is 5.82 Å². The number of rotatable bonds is 6. The van der Waals surface area contributed by atoms with Crippen molar-refractivity contribution in [3.8, 4) is 0 Å². The lowest BCUT2D eigenvalue weighted by atomic mass is 10.2. The zero-order valence-corrected chi connectivity index (χ0v) is 16.4. The Balaban J connectivity index is 1.48. The van der Waals surface area contributed by atoms with Gasteiger partial charge in [-0.1, -0.05) is 30.3 Å². The Morgan fingerprint density at radius 1 is 1.00 bits per heavy atom. The molecule has 144 valence electrons. The molecule has 0 saturated carbocycles. The van der Waals surface area contributed by atoms with Gasteiger partial charge in [0.05, 0.1) is 10.6 Å². The molecule has 0 atom stereocenters. The number of carbonyl (C=O) groups excluding carboxylic acids is 1. The highest BCUT2D eigenvalue weighted by molar-refractivity contribution is 7.99. The van der Waals surface area contributed by atoms with E-state index in [2.05, 4.69) is 0 Å². The van der Waals surface area contributed by atoms with Crippen LogP contribution in [0.5, 0.6) is 0 Å². The van der Waals surface area contributed by atoms with Crippen molar-refractivity contribution < 1.29 is 17.6 Å². The van der Waals surface area contributed by atoms with Crippen LogP contribution >= 0.6 is 11.8 Å². The van der Waals surface area contributed by atoms with Crippen LogP contribution in [0.3, 0.4) is 0 Å². The van der Waals surface area contributed by atoms with Crippen LogP contribution in [0.2, 0.25) is 0 Å². The van der Waals surface area contributed by atoms with Crippen LogP contribution in [-0.2, 0) is 20.6 Å². The van der Waals surface area contributed by atoms with E-state index >= 15 is 0 Å². The van der Waals surface area contributed by atoms with Gasteiger partial charge >= 0.3 is 0 Å². The average molecular weight is 409 g/mol. The van der Waals surface area contributed by atoms with Crippen LogP contribution in [-0.4, -0.2) is 55.5 Å². The summed E-state index contributed by atoms with van der Waals surface area (Å²) in [6.07, 6.45) is 0. The van der Waals surface area contributed by atoms with Crippen LogP contribution < -0.4 is 0 Å². The fourth-order valence-electron chi connectivity index (χ4n) is 2.89. The number of amides is 1. The second-order valence-electron chi connectivity index (χ2n) is 6.22. The quantitative estimate of drug-likeness (QED) is 0.737. The summed E-state index contributed by atoms with van der Waals surface area (Å²) in [5.74, 6) is 0.552. The summed E-state index contributed by atoms with van der Waals surface area (Å²) in [4.78, 5) is 14.3. The van der Waals surface area contributed by atoms with Gasteiger partial charge in [-0.2, -0.15) is 4.31 Å². The first-order valence-corrected chi connectivity index (χ1v) is 11.2. The Morgan fingerprint density at radius 2 is 1.70 bits per heavy atom. The molecule has 1 saturated heterocycles. The summed E-state index contributed by atoms with van der Waals surface area (Å²) >= 11 is 1.43. The smallest absolute Gasteiger partial charge is 0.243 e. The molecule has 1 aliphatic heterocycles. The van der Waals surface area contributed by atoms with E-state index in [1.807, 2.05) is 6.07 Å². The van der Waals surface area contributed by atoms with E-state index in [9.17, 15) is 17.6 Å². The minimum absolute atomic E-state index is 0.0202. The molecule has 2 aromatic rings. The number of sulfonamides is 1. The summed E-state index contributed by atoms with van der Waals surface area (Å²) < 4.78 is 39.8. The number of nitrogens with zero attached hydrogens (tertiary/aromatic N) is 2. The third kappa shape index (κ3) is 5.09. The number of piperazine rings is 1. The molecule has 0 N–H and O–H groups in total. The predicted molar refractivity (Wildman–Crippen MR) is 104 cm³/mol. The van der Waals surface area contributed by atoms with Crippen molar-refractivity contribution in [2.75, 3.05) is 31.9 Å². The lowest BCUT2D eigenvalue weighted by molar-refractivity contribution is -0.129. The zero-order valence-electron chi connectivity index (χ0n) is 14.8. The van der Waals surface area contributed by atoms with Gasteiger partial charge < -0.3 is 4.90 Å². The molecular weight excluding hydrogens is 387 g/mol. The maximum absolute atomic E-state index is 13.2. The van der Waals surface area contributed by atoms with E-state index in [1.165, 1.54) is 28.2 Å². The van der Waals surface area contributed by atoms with Gasteiger partial charge in [0.2, 0.25) is 15.9 Å². The fourth-order valence-corrected chi connectivity index (χ4v) is 5.21. The average Bonchev–Trinajstić information content (AvgIpc) is 2.69. The Morgan fingerprint density at radius 3 is 2.37 bits per heavy atom. The topological polar surface area (TPSA) is 57.7 Å². The monoisotopic (exact) mass is 408 g/mol. The summed E-state index contributed by atoms with van der Waals surface area (Å²) in [6.45, 7) is 1.34. The molecule has 3 rings (SSSR count). The van der Waals surface area contributed by atoms with Gasteiger partial charge in [-0.05, 0) is 29.8 Å². The summed E-state index contributed by atoms with van der Waals surface area (Å²) in [6, 6.07) is 14.7. The van der Waals surface area contributed by atoms with E-state index in [-0.39, 0.29) is 29.7 Å². The normalized spacial score (nSPS) is 15.7. The molecule has 1 aliphatic rings. The maximum atomic E-state index is 13.2. The van der Waals surface area contributed by atoms with Crippen molar-refractivity contribution in [1.29, 1.82) is 0 Å². The second-order valence-corrected chi connectivity index (χ2v) is 9.14. The van der Waals surface area contributed by atoms with Gasteiger partial charge in [-0.25, -0.2) is 12.8 Å². The number of hydrogen-bond acceptors (Lipinski definition) is 4. The molecule has 8 heteroatoms. The van der Waals surface area contributed by atoms with Gasteiger partial charge in [0.1, 0.15) is 5.82 Å². The minimum atomic E-state index is -3.51.